The summed E-state index contributed by atoms with van der Waals surface area (Å²) in [5.41, 5.74) is 3.31. The van der Waals surface area contributed by atoms with Crippen molar-refractivity contribution in [2.24, 2.45) is 0 Å². The van der Waals surface area contributed by atoms with Crippen molar-refractivity contribution < 1.29 is 9.47 Å². The predicted octanol–water partition coefficient (Wildman–Crippen LogP) is 5.24. The number of hydrogen-bond donors (Lipinski definition) is 1. The number of benzene rings is 2. The average molecular weight is 311 g/mol. The van der Waals surface area contributed by atoms with E-state index in [9.17, 15) is 0 Å². The monoisotopic (exact) mass is 311 g/mol. The lowest BCUT2D eigenvalue weighted by molar-refractivity contribution is -0.103. The molecule has 122 valence electrons. The number of hydrogen-bond acceptors (Lipinski definition) is 3. The van der Waals surface area contributed by atoms with Crippen LogP contribution in [-0.2, 0) is 10.3 Å². The summed E-state index contributed by atoms with van der Waals surface area (Å²) in [4.78, 5) is 0. The van der Waals surface area contributed by atoms with Gasteiger partial charge in [0.05, 0.1) is 12.2 Å². The van der Waals surface area contributed by atoms with Crippen LogP contribution < -0.4 is 10.1 Å². The van der Waals surface area contributed by atoms with Gasteiger partial charge in [-0.15, -0.1) is 0 Å². The summed E-state index contributed by atoms with van der Waals surface area (Å²) in [6.45, 7) is 7.06. The maximum absolute atomic E-state index is 6.53. The van der Waals surface area contributed by atoms with Gasteiger partial charge < -0.3 is 14.8 Å². The van der Waals surface area contributed by atoms with Crippen LogP contribution in [0.1, 0.15) is 51.0 Å². The Morgan fingerprint density at radius 1 is 1.00 bits per heavy atom. The van der Waals surface area contributed by atoms with Gasteiger partial charge >= 0.3 is 0 Å². The summed E-state index contributed by atoms with van der Waals surface area (Å²) in [7, 11) is 0. The fourth-order valence-corrected chi connectivity index (χ4v) is 3.32. The van der Waals surface area contributed by atoms with E-state index < -0.39 is 0 Å². The molecule has 1 N–H and O–H groups in total. The van der Waals surface area contributed by atoms with Crippen molar-refractivity contribution in [1.82, 2.24) is 0 Å². The van der Waals surface area contributed by atoms with Crippen LogP contribution in [0.3, 0.4) is 0 Å². The maximum Gasteiger partial charge on any atom is 0.155 e. The largest absolute Gasteiger partial charge is 0.494 e. The summed E-state index contributed by atoms with van der Waals surface area (Å²) in [5, 5.41) is 3.53. The maximum atomic E-state index is 6.53. The minimum absolute atomic E-state index is 0.138. The zero-order valence-electron chi connectivity index (χ0n) is 14.1. The molecular formula is C20H25NO2. The van der Waals surface area contributed by atoms with Crippen LogP contribution in [0.4, 0.5) is 5.69 Å². The van der Waals surface area contributed by atoms with Crippen LogP contribution in [0.25, 0.3) is 0 Å². The van der Waals surface area contributed by atoms with Gasteiger partial charge in [-0.2, -0.15) is 0 Å². The standard InChI is InChI=1S/C20H25NO2/c1-4-20(5-2)17-9-7-8-10-18(17)21-19(23-20)15-11-13-16(14-12-15)22-6-3/h7-14,19,21H,4-6H2,1-3H3. The van der Waals surface area contributed by atoms with Crippen molar-refractivity contribution in [2.45, 2.75) is 45.4 Å². The molecule has 0 saturated heterocycles. The minimum Gasteiger partial charge on any atom is -0.494 e. The summed E-state index contributed by atoms with van der Waals surface area (Å²) >= 11 is 0. The van der Waals surface area contributed by atoms with Crippen molar-refractivity contribution in [3.8, 4) is 5.75 Å². The second kappa shape index (κ2) is 6.63. The highest BCUT2D eigenvalue weighted by molar-refractivity contribution is 5.57. The van der Waals surface area contributed by atoms with Crippen LogP contribution in [0.15, 0.2) is 48.5 Å². The van der Waals surface area contributed by atoms with Crippen molar-refractivity contribution >= 4 is 5.69 Å². The first-order chi connectivity index (χ1) is 11.2. The van der Waals surface area contributed by atoms with E-state index in [1.54, 1.807) is 0 Å². The Labute approximate surface area is 138 Å². The lowest BCUT2D eigenvalue weighted by Gasteiger charge is -2.43. The molecule has 1 heterocycles. The van der Waals surface area contributed by atoms with E-state index in [-0.39, 0.29) is 11.8 Å². The first-order valence-electron chi connectivity index (χ1n) is 8.49. The molecule has 2 aromatic rings. The normalized spacial score (nSPS) is 18.8. The van der Waals surface area contributed by atoms with Crippen molar-refractivity contribution in [1.29, 1.82) is 0 Å². The molecule has 3 rings (SSSR count). The lowest BCUT2D eigenvalue weighted by atomic mass is 9.85. The van der Waals surface area contributed by atoms with E-state index in [4.69, 9.17) is 9.47 Å². The summed E-state index contributed by atoms with van der Waals surface area (Å²) < 4.78 is 12.1. The van der Waals surface area contributed by atoms with Crippen LogP contribution >= 0.6 is 0 Å². The first kappa shape index (κ1) is 15.9. The zero-order valence-corrected chi connectivity index (χ0v) is 14.1. The van der Waals surface area contributed by atoms with Crippen LogP contribution in [0.5, 0.6) is 5.75 Å². The molecule has 23 heavy (non-hydrogen) atoms. The number of para-hydroxylation sites is 1. The third kappa shape index (κ3) is 2.93. The Balaban J connectivity index is 1.93. The van der Waals surface area contributed by atoms with Crippen molar-refractivity contribution in [3.63, 3.8) is 0 Å². The van der Waals surface area contributed by atoms with E-state index >= 15 is 0 Å². The average Bonchev–Trinajstić information content (AvgIpc) is 2.61. The van der Waals surface area contributed by atoms with Gasteiger partial charge in [0, 0.05) is 16.8 Å². The molecule has 0 bridgehead atoms. The molecule has 0 radical (unpaired) electrons. The Hall–Kier alpha value is -2.00. The van der Waals surface area contributed by atoms with Gasteiger partial charge in [0.1, 0.15) is 5.75 Å². The predicted molar refractivity (Wildman–Crippen MR) is 93.8 cm³/mol. The van der Waals surface area contributed by atoms with Crippen molar-refractivity contribution in [3.05, 3.63) is 59.7 Å². The van der Waals surface area contributed by atoms with Crippen LogP contribution in [0, 0.1) is 0 Å². The third-order valence-electron chi connectivity index (χ3n) is 4.68. The smallest absolute Gasteiger partial charge is 0.155 e. The van der Waals surface area contributed by atoms with Gasteiger partial charge in [0.15, 0.2) is 6.23 Å². The molecule has 0 aromatic heterocycles. The second-order valence-corrected chi connectivity index (χ2v) is 5.89. The van der Waals surface area contributed by atoms with E-state index in [0.29, 0.717) is 6.61 Å². The second-order valence-electron chi connectivity index (χ2n) is 5.89. The van der Waals surface area contributed by atoms with E-state index in [2.05, 4.69) is 55.6 Å². The van der Waals surface area contributed by atoms with Gasteiger partial charge in [-0.1, -0.05) is 44.2 Å². The van der Waals surface area contributed by atoms with E-state index in [0.717, 1.165) is 24.2 Å². The topological polar surface area (TPSA) is 30.5 Å². The highest BCUT2D eigenvalue weighted by Crippen LogP contribution is 2.45. The highest BCUT2D eigenvalue weighted by Gasteiger charge is 2.38. The molecule has 3 nitrogen and oxygen atoms in total. The Kier molecular flexibility index (Phi) is 4.58. The Bertz CT molecular complexity index is 647. The number of rotatable bonds is 5. The van der Waals surface area contributed by atoms with Crippen LogP contribution in [-0.4, -0.2) is 6.61 Å². The van der Waals surface area contributed by atoms with Gasteiger partial charge in [-0.25, -0.2) is 0 Å². The summed E-state index contributed by atoms with van der Waals surface area (Å²) in [6, 6.07) is 16.6. The fraction of sp³-hybridized carbons (Fsp3) is 0.400. The molecule has 1 unspecified atom stereocenters. The number of nitrogens with one attached hydrogen (secondary N) is 1. The number of fused-ring (bicyclic) bond motifs is 1. The van der Waals surface area contributed by atoms with Gasteiger partial charge in [0.25, 0.3) is 0 Å². The number of anilines is 1. The SMILES string of the molecule is CCOc1ccc(C2Nc3ccccc3C(CC)(CC)O2)cc1. The Morgan fingerprint density at radius 3 is 2.35 bits per heavy atom. The molecule has 1 aliphatic heterocycles. The molecule has 3 heteroatoms. The molecule has 0 fully saturated rings. The minimum atomic E-state index is -0.231. The first-order valence-corrected chi connectivity index (χ1v) is 8.49. The number of ether oxygens (including phenoxy) is 2. The molecule has 2 aromatic carbocycles. The summed E-state index contributed by atoms with van der Waals surface area (Å²) in [6.07, 6.45) is 1.77. The van der Waals surface area contributed by atoms with Gasteiger partial charge in [-0.05, 0) is 38.0 Å². The quantitative estimate of drug-likeness (QED) is 0.819. The third-order valence-corrected chi connectivity index (χ3v) is 4.68. The van der Waals surface area contributed by atoms with Crippen molar-refractivity contribution in [2.75, 3.05) is 11.9 Å². The van der Waals surface area contributed by atoms with E-state index in [1.165, 1.54) is 11.3 Å². The molecule has 1 aliphatic rings. The lowest BCUT2D eigenvalue weighted by Crippen LogP contribution is -2.37. The van der Waals surface area contributed by atoms with Gasteiger partial charge in [0.2, 0.25) is 0 Å². The fourth-order valence-electron chi connectivity index (χ4n) is 3.32. The molecular weight excluding hydrogens is 286 g/mol. The zero-order chi connectivity index (χ0) is 16.3. The molecule has 1 atom stereocenters. The van der Waals surface area contributed by atoms with Crippen LogP contribution in [0.2, 0.25) is 0 Å². The van der Waals surface area contributed by atoms with Gasteiger partial charge in [-0.3, -0.25) is 0 Å². The molecule has 0 spiro atoms. The molecule has 0 amide bonds. The molecule has 0 aliphatic carbocycles. The Morgan fingerprint density at radius 2 is 1.70 bits per heavy atom. The molecule has 0 saturated carbocycles. The van der Waals surface area contributed by atoms with E-state index in [1.807, 2.05) is 19.1 Å². The highest BCUT2D eigenvalue weighted by atomic mass is 16.5. The summed E-state index contributed by atoms with van der Waals surface area (Å²) in [5.74, 6) is 0.893.